The standard InChI is InChI=1S/C20H27ClN4O2S.HI/c1-15(2)25(4)28(26,27)19-10-8-16(9-11-19)13-23-20(22-3)24-14-17-6-5-7-18(21)12-17;/h5-12,15H,13-14H2,1-4H3,(H2,22,23,24);1H. The van der Waals surface area contributed by atoms with Gasteiger partial charge in [0.2, 0.25) is 10.0 Å². The fourth-order valence-corrected chi connectivity index (χ4v) is 4.04. The first-order valence-corrected chi connectivity index (χ1v) is 10.8. The van der Waals surface area contributed by atoms with Gasteiger partial charge in [-0.2, -0.15) is 4.31 Å². The van der Waals surface area contributed by atoms with E-state index in [1.54, 1.807) is 38.4 Å². The average molecular weight is 551 g/mol. The Balaban J connectivity index is 0.00000420. The Kier molecular flexibility index (Phi) is 10.4. The lowest BCUT2D eigenvalue weighted by atomic mass is 10.2. The molecule has 0 saturated heterocycles. The maximum Gasteiger partial charge on any atom is 0.243 e. The van der Waals surface area contributed by atoms with Crippen molar-refractivity contribution in [2.75, 3.05) is 14.1 Å². The summed E-state index contributed by atoms with van der Waals surface area (Å²) in [5.41, 5.74) is 2.01. The molecule has 0 spiro atoms. The van der Waals surface area contributed by atoms with Crippen LogP contribution in [0.3, 0.4) is 0 Å². The van der Waals surface area contributed by atoms with Crippen molar-refractivity contribution in [2.24, 2.45) is 4.99 Å². The van der Waals surface area contributed by atoms with Gasteiger partial charge in [-0.1, -0.05) is 35.9 Å². The minimum atomic E-state index is -3.47. The molecule has 0 bridgehead atoms. The number of rotatable bonds is 7. The molecule has 2 N–H and O–H groups in total. The van der Waals surface area contributed by atoms with Crippen LogP contribution in [0.1, 0.15) is 25.0 Å². The van der Waals surface area contributed by atoms with Crippen LogP contribution in [-0.4, -0.2) is 38.8 Å². The van der Waals surface area contributed by atoms with Gasteiger partial charge in [-0.25, -0.2) is 8.42 Å². The minimum Gasteiger partial charge on any atom is -0.352 e. The van der Waals surface area contributed by atoms with Crippen LogP contribution in [0, 0.1) is 0 Å². The van der Waals surface area contributed by atoms with Gasteiger partial charge >= 0.3 is 0 Å². The summed E-state index contributed by atoms with van der Waals surface area (Å²) in [7, 11) is -0.180. The fraction of sp³-hybridized carbons (Fsp3) is 0.350. The molecule has 2 aromatic carbocycles. The van der Waals surface area contributed by atoms with E-state index in [0.29, 0.717) is 24.1 Å². The molecule has 9 heteroatoms. The van der Waals surface area contributed by atoms with Gasteiger partial charge in [0.1, 0.15) is 0 Å². The molecule has 0 fully saturated rings. The SMILES string of the molecule is CN=C(NCc1ccc(S(=O)(=O)N(C)C(C)C)cc1)NCc1cccc(Cl)c1.I. The molecule has 0 heterocycles. The second-order valence-electron chi connectivity index (χ2n) is 6.67. The van der Waals surface area contributed by atoms with E-state index in [4.69, 9.17) is 11.6 Å². The Hall–Kier alpha value is -1.36. The van der Waals surface area contributed by atoms with Crippen LogP contribution in [0.5, 0.6) is 0 Å². The van der Waals surface area contributed by atoms with Gasteiger partial charge in [-0.15, -0.1) is 24.0 Å². The quantitative estimate of drug-likeness (QED) is 0.312. The summed E-state index contributed by atoms with van der Waals surface area (Å²) in [6, 6.07) is 14.4. The molecular weight excluding hydrogens is 523 g/mol. The fourth-order valence-electron chi connectivity index (χ4n) is 2.46. The van der Waals surface area contributed by atoms with Gasteiger partial charge in [0.25, 0.3) is 0 Å². The lowest BCUT2D eigenvalue weighted by molar-refractivity contribution is 0.410. The molecule has 0 aliphatic heterocycles. The first kappa shape index (κ1) is 25.7. The van der Waals surface area contributed by atoms with Gasteiger partial charge < -0.3 is 10.6 Å². The molecule has 6 nitrogen and oxygen atoms in total. The summed E-state index contributed by atoms with van der Waals surface area (Å²) in [4.78, 5) is 4.49. The van der Waals surface area contributed by atoms with Gasteiger partial charge in [0.15, 0.2) is 5.96 Å². The predicted octanol–water partition coefficient (Wildman–Crippen LogP) is 3.85. The smallest absolute Gasteiger partial charge is 0.243 e. The molecule has 0 aromatic heterocycles. The van der Waals surface area contributed by atoms with E-state index in [9.17, 15) is 8.42 Å². The number of hydrogen-bond acceptors (Lipinski definition) is 3. The summed E-state index contributed by atoms with van der Waals surface area (Å²) in [5.74, 6) is 0.649. The summed E-state index contributed by atoms with van der Waals surface area (Å²) in [6.45, 7) is 4.81. The third-order valence-electron chi connectivity index (χ3n) is 4.36. The Morgan fingerprint density at radius 3 is 2.17 bits per heavy atom. The summed E-state index contributed by atoms with van der Waals surface area (Å²) in [5, 5.41) is 7.13. The lowest BCUT2D eigenvalue weighted by Crippen LogP contribution is -2.36. The van der Waals surface area contributed by atoms with Crippen molar-refractivity contribution >= 4 is 51.6 Å². The van der Waals surface area contributed by atoms with Gasteiger partial charge in [-0.3, -0.25) is 4.99 Å². The van der Waals surface area contributed by atoms with E-state index in [1.807, 2.05) is 38.1 Å². The van der Waals surface area contributed by atoms with Crippen molar-refractivity contribution < 1.29 is 8.42 Å². The first-order valence-electron chi connectivity index (χ1n) is 9.00. The molecule has 0 aliphatic carbocycles. The molecule has 0 atom stereocenters. The number of sulfonamides is 1. The van der Waals surface area contributed by atoms with Crippen LogP contribution in [0.15, 0.2) is 58.4 Å². The highest BCUT2D eigenvalue weighted by atomic mass is 127. The van der Waals surface area contributed by atoms with E-state index >= 15 is 0 Å². The van der Waals surface area contributed by atoms with E-state index in [0.717, 1.165) is 11.1 Å². The van der Waals surface area contributed by atoms with Crippen LogP contribution in [0.4, 0.5) is 0 Å². The van der Waals surface area contributed by atoms with Crippen LogP contribution in [0.2, 0.25) is 5.02 Å². The number of nitrogens with one attached hydrogen (secondary N) is 2. The number of benzene rings is 2. The Morgan fingerprint density at radius 2 is 1.66 bits per heavy atom. The molecule has 0 amide bonds. The summed E-state index contributed by atoms with van der Waals surface area (Å²) < 4.78 is 26.4. The molecule has 2 aromatic rings. The second-order valence-corrected chi connectivity index (χ2v) is 9.10. The second kappa shape index (κ2) is 11.7. The predicted molar refractivity (Wildman–Crippen MR) is 130 cm³/mol. The average Bonchev–Trinajstić information content (AvgIpc) is 2.67. The highest BCUT2D eigenvalue weighted by Gasteiger charge is 2.22. The summed E-state index contributed by atoms with van der Waals surface area (Å²) in [6.07, 6.45) is 0. The number of halogens is 2. The first-order chi connectivity index (χ1) is 13.2. The zero-order valence-corrected chi connectivity index (χ0v) is 20.9. The van der Waals surface area contributed by atoms with Crippen LogP contribution in [-0.2, 0) is 23.1 Å². The molecule has 0 unspecified atom stereocenters. The molecule has 29 heavy (non-hydrogen) atoms. The zero-order valence-electron chi connectivity index (χ0n) is 17.0. The topological polar surface area (TPSA) is 73.8 Å². The summed E-state index contributed by atoms with van der Waals surface area (Å²) >= 11 is 6.00. The Labute approximate surface area is 195 Å². The van der Waals surface area contributed by atoms with Crippen molar-refractivity contribution in [3.05, 3.63) is 64.7 Å². The highest BCUT2D eigenvalue weighted by Crippen LogP contribution is 2.17. The molecule has 0 radical (unpaired) electrons. The van der Waals surface area contributed by atoms with Gasteiger partial charge in [-0.05, 0) is 49.2 Å². The van der Waals surface area contributed by atoms with Gasteiger partial charge in [0.05, 0.1) is 4.90 Å². The number of nitrogens with zero attached hydrogens (tertiary/aromatic N) is 2. The normalized spacial score (nSPS) is 12.0. The van der Waals surface area contributed by atoms with E-state index in [-0.39, 0.29) is 34.9 Å². The van der Waals surface area contributed by atoms with E-state index < -0.39 is 10.0 Å². The number of hydrogen-bond donors (Lipinski definition) is 2. The maximum atomic E-state index is 12.5. The molecule has 0 saturated carbocycles. The highest BCUT2D eigenvalue weighted by molar-refractivity contribution is 14.0. The third-order valence-corrected chi connectivity index (χ3v) is 6.64. The minimum absolute atomic E-state index is 0. The maximum absolute atomic E-state index is 12.5. The van der Waals surface area contributed by atoms with Crippen molar-refractivity contribution in [2.45, 2.75) is 37.9 Å². The van der Waals surface area contributed by atoms with Crippen LogP contribution in [0.25, 0.3) is 0 Å². The zero-order chi connectivity index (χ0) is 20.7. The van der Waals surface area contributed by atoms with Crippen molar-refractivity contribution in [1.29, 1.82) is 0 Å². The largest absolute Gasteiger partial charge is 0.352 e. The van der Waals surface area contributed by atoms with Crippen molar-refractivity contribution in [3.8, 4) is 0 Å². The molecule has 160 valence electrons. The van der Waals surface area contributed by atoms with E-state index in [2.05, 4.69) is 15.6 Å². The Bertz CT molecular complexity index is 918. The van der Waals surface area contributed by atoms with E-state index in [1.165, 1.54) is 4.31 Å². The van der Waals surface area contributed by atoms with Crippen molar-refractivity contribution in [3.63, 3.8) is 0 Å². The number of guanidine groups is 1. The van der Waals surface area contributed by atoms with Crippen LogP contribution >= 0.6 is 35.6 Å². The molecule has 0 aliphatic rings. The van der Waals surface area contributed by atoms with Crippen LogP contribution < -0.4 is 10.6 Å². The monoisotopic (exact) mass is 550 g/mol. The lowest BCUT2D eigenvalue weighted by Gasteiger charge is -2.21. The molecule has 2 rings (SSSR count). The number of aliphatic imine (C=N–C) groups is 1. The molecular formula is C20H28ClIN4O2S. The van der Waals surface area contributed by atoms with Crippen molar-refractivity contribution in [1.82, 2.24) is 14.9 Å². The van der Waals surface area contributed by atoms with Gasteiger partial charge in [0, 0.05) is 38.2 Å². The Morgan fingerprint density at radius 1 is 1.07 bits per heavy atom. The third kappa shape index (κ3) is 7.44.